The van der Waals surface area contributed by atoms with Crippen LogP contribution in [0.2, 0.25) is 0 Å². The first-order valence-electron chi connectivity index (χ1n) is 5.50. The van der Waals surface area contributed by atoms with Crippen LogP contribution in [0.15, 0.2) is 30.4 Å². The van der Waals surface area contributed by atoms with E-state index in [2.05, 4.69) is 17.5 Å². The zero-order valence-corrected chi connectivity index (χ0v) is 9.30. The van der Waals surface area contributed by atoms with Crippen LogP contribution in [0, 0.1) is 10.1 Å². The van der Waals surface area contributed by atoms with Gasteiger partial charge in [0.2, 0.25) is 0 Å². The molecule has 1 aromatic carbocycles. The molecule has 0 amide bonds. The fraction of sp³-hybridized carbons (Fsp3) is 0.333. The number of aliphatic hydroxyl groups excluding tert-OH is 1. The zero-order chi connectivity index (χ0) is 12.3. The second-order valence-electron chi connectivity index (χ2n) is 4.05. The minimum absolute atomic E-state index is 0.0501. The number of hydrogen-bond acceptors (Lipinski definition) is 4. The number of rotatable bonds is 4. The first-order valence-corrected chi connectivity index (χ1v) is 5.50. The first-order chi connectivity index (χ1) is 8.20. The largest absolute Gasteiger partial charge is 0.392 e. The van der Waals surface area contributed by atoms with Gasteiger partial charge in [-0.15, -0.1) is 0 Å². The molecule has 0 bridgehead atoms. The Morgan fingerprint density at radius 2 is 2.12 bits per heavy atom. The maximum absolute atomic E-state index is 10.9. The number of nitrogens with one attached hydrogen (secondary N) is 1. The molecule has 0 atom stereocenters. The molecule has 0 unspecified atom stereocenters. The van der Waals surface area contributed by atoms with Gasteiger partial charge in [-0.25, -0.2) is 0 Å². The third-order valence-corrected chi connectivity index (χ3v) is 2.81. The lowest BCUT2D eigenvalue weighted by Crippen LogP contribution is -2.16. The van der Waals surface area contributed by atoms with Crippen molar-refractivity contribution in [2.45, 2.75) is 25.5 Å². The Labute approximate surface area is 98.9 Å². The van der Waals surface area contributed by atoms with Gasteiger partial charge in [-0.1, -0.05) is 12.2 Å². The van der Waals surface area contributed by atoms with Gasteiger partial charge in [0.05, 0.1) is 11.5 Å². The molecule has 0 spiro atoms. The van der Waals surface area contributed by atoms with Crippen molar-refractivity contribution >= 4 is 11.4 Å². The lowest BCUT2D eigenvalue weighted by Gasteiger charge is -2.14. The van der Waals surface area contributed by atoms with Crippen LogP contribution in [0.4, 0.5) is 11.4 Å². The summed E-state index contributed by atoms with van der Waals surface area (Å²) in [4.78, 5) is 10.5. The Hall–Kier alpha value is -1.88. The van der Waals surface area contributed by atoms with Gasteiger partial charge < -0.3 is 10.4 Å². The Bertz CT molecular complexity index is 449. The van der Waals surface area contributed by atoms with E-state index in [4.69, 9.17) is 5.11 Å². The molecule has 90 valence electrons. The standard InChI is InChI=1S/C12H14N2O3/c15-8-9-5-6-12(14(16)17)11(7-9)13-10-3-1-2-4-10/h1-2,5-7,10,13,15H,3-4,8H2. The summed E-state index contributed by atoms with van der Waals surface area (Å²) in [5, 5.41) is 23.1. The van der Waals surface area contributed by atoms with Gasteiger partial charge in [-0.05, 0) is 30.5 Å². The fourth-order valence-electron chi connectivity index (χ4n) is 1.91. The number of nitro benzene ring substituents is 1. The zero-order valence-electron chi connectivity index (χ0n) is 9.30. The highest BCUT2D eigenvalue weighted by atomic mass is 16.6. The van der Waals surface area contributed by atoms with Gasteiger partial charge in [-0.3, -0.25) is 10.1 Å². The summed E-state index contributed by atoms with van der Waals surface area (Å²) in [6.07, 6.45) is 5.86. The first kappa shape index (κ1) is 11.6. The number of anilines is 1. The van der Waals surface area contributed by atoms with Gasteiger partial charge >= 0.3 is 0 Å². The molecule has 0 aromatic heterocycles. The molecule has 2 N–H and O–H groups in total. The van der Waals surface area contributed by atoms with Crippen LogP contribution in [0.1, 0.15) is 18.4 Å². The molecule has 0 aliphatic heterocycles. The predicted octanol–water partition coefficient (Wildman–Crippen LogP) is 2.22. The number of benzene rings is 1. The van der Waals surface area contributed by atoms with Crippen molar-refractivity contribution in [3.63, 3.8) is 0 Å². The number of nitro groups is 1. The smallest absolute Gasteiger partial charge is 0.292 e. The highest BCUT2D eigenvalue weighted by molar-refractivity contribution is 5.63. The summed E-state index contributed by atoms with van der Waals surface area (Å²) >= 11 is 0. The Morgan fingerprint density at radius 1 is 1.41 bits per heavy atom. The lowest BCUT2D eigenvalue weighted by molar-refractivity contribution is -0.384. The average molecular weight is 234 g/mol. The van der Waals surface area contributed by atoms with Crippen molar-refractivity contribution in [1.82, 2.24) is 0 Å². The van der Waals surface area contributed by atoms with Crippen molar-refractivity contribution in [3.8, 4) is 0 Å². The Balaban J connectivity index is 2.24. The minimum atomic E-state index is -0.411. The van der Waals surface area contributed by atoms with Crippen molar-refractivity contribution in [2.24, 2.45) is 0 Å². The van der Waals surface area contributed by atoms with E-state index in [1.54, 1.807) is 12.1 Å². The molecular weight excluding hydrogens is 220 g/mol. The van der Waals surface area contributed by atoms with E-state index >= 15 is 0 Å². The van der Waals surface area contributed by atoms with Crippen LogP contribution in [0.25, 0.3) is 0 Å². The average Bonchev–Trinajstić information content (AvgIpc) is 2.81. The van der Waals surface area contributed by atoms with Crippen LogP contribution in [0.3, 0.4) is 0 Å². The third kappa shape index (κ3) is 2.62. The van der Waals surface area contributed by atoms with E-state index in [0.717, 1.165) is 12.8 Å². The summed E-state index contributed by atoms with van der Waals surface area (Å²) in [5.74, 6) is 0. The monoisotopic (exact) mass is 234 g/mol. The molecule has 0 heterocycles. The maximum Gasteiger partial charge on any atom is 0.292 e. The van der Waals surface area contributed by atoms with Crippen LogP contribution >= 0.6 is 0 Å². The molecule has 0 saturated heterocycles. The van der Waals surface area contributed by atoms with Crippen molar-refractivity contribution in [3.05, 3.63) is 46.0 Å². The normalized spacial score (nSPS) is 15.1. The molecule has 0 saturated carbocycles. The number of hydrogen-bond donors (Lipinski definition) is 2. The van der Waals surface area contributed by atoms with E-state index in [1.165, 1.54) is 6.07 Å². The van der Waals surface area contributed by atoms with Crippen molar-refractivity contribution < 1.29 is 10.0 Å². The van der Waals surface area contributed by atoms with E-state index in [-0.39, 0.29) is 18.3 Å². The number of aliphatic hydroxyl groups is 1. The maximum atomic E-state index is 10.9. The van der Waals surface area contributed by atoms with Gasteiger partial charge in [0.15, 0.2) is 0 Å². The third-order valence-electron chi connectivity index (χ3n) is 2.81. The fourth-order valence-corrected chi connectivity index (χ4v) is 1.91. The lowest BCUT2D eigenvalue weighted by atomic mass is 10.1. The highest BCUT2D eigenvalue weighted by Crippen LogP contribution is 2.28. The van der Waals surface area contributed by atoms with Gasteiger partial charge in [0, 0.05) is 12.1 Å². The predicted molar refractivity (Wildman–Crippen MR) is 64.8 cm³/mol. The van der Waals surface area contributed by atoms with E-state index < -0.39 is 4.92 Å². The van der Waals surface area contributed by atoms with Gasteiger partial charge in [-0.2, -0.15) is 0 Å². The van der Waals surface area contributed by atoms with Gasteiger partial charge in [0.1, 0.15) is 5.69 Å². The highest BCUT2D eigenvalue weighted by Gasteiger charge is 2.18. The van der Waals surface area contributed by atoms with Crippen LogP contribution < -0.4 is 5.32 Å². The van der Waals surface area contributed by atoms with Gasteiger partial charge in [0.25, 0.3) is 5.69 Å². The quantitative estimate of drug-likeness (QED) is 0.476. The molecule has 0 fully saturated rings. The van der Waals surface area contributed by atoms with Crippen molar-refractivity contribution in [1.29, 1.82) is 0 Å². The molecule has 17 heavy (non-hydrogen) atoms. The van der Waals surface area contributed by atoms with E-state index in [0.29, 0.717) is 11.3 Å². The topological polar surface area (TPSA) is 75.4 Å². The van der Waals surface area contributed by atoms with Crippen LogP contribution in [-0.4, -0.2) is 16.1 Å². The Kier molecular flexibility index (Phi) is 3.39. The summed E-state index contributed by atoms with van der Waals surface area (Å²) in [5.41, 5.74) is 1.20. The summed E-state index contributed by atoms with van der Waals surface area (Å²) in [6.45, 7) is -0.115. The molecule has 1 aliphatic carbocycles. The second-order valence-corrected chi connectivity index (χ2v) is 4.05. The summed E-state index contributed by atoms with van der Waals surface area (Å²) < 4.78 is 0. The summed E-state index contributed by atoms with van der Waals surface area (Å²) in [7, 11) is 0. The molecule has 0 radical (unpaired) electrons. The molecule has 5 nitrogen and oxygen atoms in total. The SMILES string of the molecule is O=[N+]([O-])c1ccc(CO)cc1NC1CC=CC1. The van der Waals surface area contributed by atoms with Crippen molar-refractivity contribution in [2.75, 3.05) is 5.32 Å². The molecule has 1 aliphatic rings. The Morgan fingerprint density at radius 3 is 2.71 bits per heavy atom. The van der Waals surface area contributed by atoms with E-state index in [9.17, 15) is 10.1 Å². The summed E-state index contributed by atoms with van der Waals surface area (Å²) in [6, 6.07) is 4.84. The molecular formula is C12H14N2O3. The van der Waals surface area contributed by atoms with Crippen LogP contribution in [0.5, 0.6) is 0 Å². The molecule has 2 rings (SSSR count). The molecule has 5 heteroatoms. The van der Waals surface area contributed by atoms with Crippen LogP contribution in [-0.2, 0) is 6.61 Å². The number of nitrogens with zero attached hydrogens (tertiary/aromatic N) is 1. The minimum Gasteiger partial charge on any atom is -0.392 e. The molecule has 1 aromatic rings. The van der Waals surface area contributed by atoms with E-state index in [1.807, 2.05) is 0 Å². The second kappa shape index (κ2) is 4.97.